The van der Waals surface area contributed by atoms with Crippen molar-refractivity contribution in [1.29, 1.82) is 0 Å². The summed E-state index contributed by atoms with van der Waals surface area (Å²) in [4.78, 5) is 11.3. The Labute approximate surface area is 104 Å². The van der Waals surface area contributed by atoms with Crippen LogP contribution in [0.25, 0.3) is 0 Å². The molecular weight excluding hydrogens is 218 g/mol. The molecule has 100 valence electrons. The number of carboxylic acid groups (broad SMARTS) is 1. The highest BCUT2D eigenvalue weighted by molar-refractivity contribution is 5.78. The summed E-state index contributed by atoms with van der Waals surface area (Å²) >= 11 is 0. The summed E-state index contributed by atoms with van der Waals surface area (Å²) in [6.45, 7) is 6.34. The van der Waals surface area contributed by atoms with Crippen LogP contribution in [0.4, 0.5) is 0 Å². The minimum Gasteiger partial charge on any atom is -0.480 e. The molecule has 17 heavy (non-hydrogen) atoms. The van der Waals surface area contributed by atoms with Crippen molar-refractivity contribution in [2.75, 3.05) is 13.7 Å². The van der Waals surface area contributed by atoms with Crippen LogP contribution < -0.4 is 5.32 Å². The summed E-state index contributed by atoms with van der Waals surface area (Å²) < 4.78 is 5.03. The van der Waals surface area contributed by atoms with E-state index in [4.69, 9.17) is 4.74 Å². The molecule has 1 aliphatic rings. The zero-order valence-corrected chi connectivity index (χ0v) is 11.3. The van der Waals surface area contributed by atoms with E-state index in [1.807, 2.05) is 0 Å². The number of ether oxygens (including phenoxy) is 1. The Kier molecular flexibility index (Phi) is 4.95. The number of hydrogen-bond donors (Lipinski definition) is 2. The largest absolute Gasteiger partial charge is 0.480 e. The molecule has 4 heteroatoms. The van der Waals surface area contributed by atoms with E-state index in [1.165, 1.54) is 20.0 Å². The lowest BCUT2D eigenvalue weighted by molar-refractivity contribution is -0.147. The molecule has 0 heterocycles. The predicted molar refractivity (Wildman–Crippen MR) is 67.0 cm³/mol. The Morgan fingerprint density at radius 2 is 2.12 bits per heavy atom. The molecule has 1 rings (SSSR count). The predicted octanol–water partition coefficient (Wildman–Crippen LogP) is 1.89. The summed E-state index contributed by atoms with van der Waals surface area (Å²) in [6.07, 6.45) is 3.47. The van der Waals surface area contributed by atoms with Crippen LogP contribution in [0.5, 0.6) is 0 Å². The highest BCUT2D eigenvalue weighted by Crippen LogP contribution is 2.30. The van der Waals surface area contributed by atoms with Crippen LogP contribution >= 0.6 is 0 Å². The van der Waals surface area contributed by atoms with Gasteiger partial charge in [-0.15, -0.1) is 0 Å². The van der Waals surface area contributed by atoms with Crippen LogP contribution in [0.2, 0.25) is 0 Å². The highest BCUT2D eigenvalue weighted by atomic mass is 16.5. The molecule has 0 aromatic carbocycles. The Morgan fingerprint density at radius 1 is 1.47 bits per heavy atom. The van der Waals surface area contributed by atoms with Crippen molar-refractivity contribution in [2.24, 2.45) is 11.8 Å². The monoisotopic (exact) mass is 243 g/mol. The summed E-state index contributed by atoms with van der Waals surface area (Å²) in [6, 6.07) is 0.273. The number of carbonyl (C=O) groups is 1. The number of aliphatic carboxylic acids is 1. The van der Waals surface area contributed by atoms with Gasteiger partial charge in [-0.1, -0.05) is 26.7 Å². The van der Waals surface area contributed by atoms with Gasteiger partial charge in [0.1, 0.15) is 5.54 Å². The van der Waals surface area contributed by atoms with Crippen molar-refractivity contribution < 1.29 is 14.6 Å². The second-order valence-electron chi connectivity index (χ2n) is 5.59. The molecule has 0 radical (unpaired) electrons. The van der Waals surface area contributed by atoms with E-state index in [2.05, 4.69) is 19.2 Å². The van der Waals surface area contributed by atoms with Crippen LogP contribution in [0.3, 0.4) is 0 Å². The molecule has 0 amide bonds. The maximum absolute atomic E-state index is 11.3. The first-order valence-electron chi connectivity index (χ1n) is 6.40. The third-order valence-corrected chi connectivity index (χ3v) is 4.12. The fraction of sp³-hybridized carbons (Fsp3) is 0.923. The Hall–Kier alpha value is -0.610. The number of methoxy groups -OCH3 is 1. The molecule has 0 aromatic rings. The van der Waals surface area contributed by atoms with Gasteiger partial charge >= 0.3 is 5.97 Å². The van der Waals surface area contributed by atoms with E-state index in [1.54, 1.807) is 6.92 Å². The maximum Gasteiger partial charge on any atom is 0.326 e. The van der Waals surface area contributed by atoms with E-state index >= 15 is 0 Å². The molecule has 0 saturated heterocycles. The number of nitrogens with one attached hydrogen (secondary N) is 1. The van der Waals surface area contributed by atoms with E-state index in [0.29, 0.717) is 11.8 Å². The summed E-state index contributed by atoms with van der Waals surface area (Å²) in [5.41, 5.74) is -0.981. The van der Waals surface area contributed by atoms with Crippen molar-refractivity contribution in [3.05, 3.63) is 0 Å². The third-order valence-electron chi connectivity index (χ3n) is 4.12. The van der Waals surface area contributed by atoms with Gasteiger partial charge in [0.05, 0.1) is 6.61 Å². The molecule has 4 nitrogen and oxygen atoms in total. The van der Waals surface area contributed by atoms with Gasteiger partial charge in [0.25, 0.3) is 0 Å². The molecule has 4 atom stereocenters. The summed E-state index contributed by atoms with van der Waals surface area (Å²) in [5, 5.41) is 12.6. The highest BCUT2D eigenvalue weighted by Gasteiger charge is 2.38. The van der Waals surface area contributed by atoms with Crippen LogP contribution in [-0.4, -0.2) is 36.4 Å². The molecule has 0 spiro atoms. The number of carboxylic acids is 1. The van der Waals surface area contributed by atoms with Crippen LogP contribution in [0.15, 0.2) is 0 Å². The number of rotatable bonds is 5. The van der Waals surface area contributed by atoms with Gasteiger partial charge in [0.15, 0.2) is 0 Å². The minimum absolute atomic E-state index is 0.194. The van der Waals surface area contributed by atoms with Gasteiger partial charge in [-0.05, 0) is 25.2 Å². The van der Waals surface area contributed by atoms with E-state index in [0.717, 1.165) is 6.42 Å². The van der Waals surface area contributed by atoms with Crippen LogP contribution in [0.1, 0.15) is 40.0 Å². The minimum atomic E-state index is -0.981. The summed E-state index contributed by atoms with van der Waals surface area (Å²) in [5.74, 6) is 0.325. The first-order chi connectivity index (χ1) is 7.90. The smallest absolute Gasteiger partial charge is 0.326 e. The molecule has 0 aliphatic heterocycles. The van der Waals surface area contributed by atoms with Crippen molar-refractivity contribution in [1.82, 2.24) is 5.32 Å². The second kappa shape index (κ2) is 5.83. The van der Waals surface area contributed by atoms with Crippen molar-refractivity contribution in [3.63, 3.8) is 0 Å². The summed E-state index contributed by atoms with van der Waals surface area (Å²) in [7, 11) is 1.54. The SMILES string of the molecule is COCC(C)(NC1CCCC(C)C1C)C(=O)O. The van der Waals surface area contributed by atoms with Crippen LogP contribution in [-0.2, 0) is 9.53 Å². The van der Waals surface area contributed by atoms with Gasteiger partial charge < -0.3 is 9.84 Å². The van der Waals surface area contributed by atoms with E-state index in [9.17, 15) is 9.90 Å². The van der Waals surface area contributed by atoms with Crippen molar-refractivity contribution in [2.45, 2.75) is 51.6 Å². The molecule has 0 aromatic heterocycles. The van der Waals surface area contributed by atoms with Crippen molar-refractivity contribution >= 4 is 5.97 Å². The zero-order chi connectivity index (χ0) is 13.1. The average Bonchev–Trinajstić information content (AvgIpc) is 2.25. The van der Waals surface area contributed by atoms with Gasteiger partial charge in [0, 0.05) is 13.2 Å². The number of hydrogen-bond acceptors (Lipinski definition) is 3. The van der Waals surface area contributed by atoms with Gasteiger partial charge in [-0.2, -0.15) is 0 Å². The molecule has 1 aliphatic carbocycles. The molecular formula is C13H25NO3. The lowest BCUT2D eigenvalue weighted by atomic mass is 9.77. The fourth-order valence-corrected chi connectivity index (χ4v) is 2.65. The van der Waals surface area contributed by atoms with E-state index in [-0.39, 0.29) is 12.6 Å². The molecule has 1 saturated carbocycles. The molecule has 2 N–H and O–H groups in total. The Balaban J connectivity index is 2.69. The maximum atomic E-state index is 11.3. The van der Waals surface area contributed by atoms with Gasteiger partial charge in [0.2, 0.25) is 0 Å². The lowest BCUT2D eigenvalue weighted by Gasteiger charge is -2.39. The second-order valence-corrected chi connectivity index (χ2v) is 5.59. The standard InChI is InChI=1S/C13H25NO3/c1-9-6-5-7-11(10(9)2)14-13(3,8-17-4)12(15)16/h9-11,14H,5-8H2,1-4H3,(H,15,16). The fourth-order valence-electron chi connectivity index (χ4n) is 2.65. The third kappa shape index (κ3) is 3.42. The van der Waals surface area contributed by atoms with Gasteiger partial charge in [-0.25, -0.2) is 0 Å². The zero-order valence-electron chi connectivity index (χ0n) is 11.3. The van der Waals surface area contributed by atoms with Crippen LogP contribution in [0, 0.1) is 11.8 Å². The quantitative estimate of drug-likeness (QED) is 0.774. The van der Waals surface area contributed by atoms with Gasteiger partial charge in [-0.3, -0.25) is 10.1 Å². The molecule has 0 bridgehead atoms. The molecule has 1 fully saturated rings. The lowest BCUT2D eigenvalue weighted by Crippen LogP contribution is -2.59. The Bertz CT molecular complexity index is 269. The first kappa shape index (κ1) is 14.5. The first-order valence-corrected chi connectivity index (χ1v) is 6.40. The average molecular weight is 243 g/mol. The van der Waals surface area contributed by atoms with E-state index < -0.39 is 11.5 Å². The molecule has 4 unspecified atom stereocenters. The Morgan fingerprint density at radius 3 is 2.65 bits per heavy atom. The normalized spacial score (nSPS) is 33.1. The van der Waals surface area contributed by atoms with Crippen molar-refractivity contribution in [3.8, 4) is 0 Å². The topological polar surface area (TPSA) is 58.6 Å².